The highest BCUT2D eigenvalue weighted by molar-refractivity contribution is 7.17. The number of hydrogen-bond acceptors (Lipinski definition) is 7. The standard InChI is InChI=1S/C17H16FN5O2S/c18-11-3-10(6-19-8-11)7-22-23(12-4-13(24)5-12)17(25)15-16-14(1-2-26-16)20-9-21-15/h1-3,6,8-9,12-13,22,24H,4-5,7H2. The first-order valence-corrected chi connectivity index (χ1v) is 9.02. The van der Waals surface area contributed by atoms with E-state index in [-0.39, 0.29) is 18.5 Å². The summed E-state index contributed by atoms with van der Waals surface area (Å²) < 4.78 is 14.0. The van der Waals surface area contributed by atoms with E-state index in [0.29, 0.717) is 24.1 Å². The molecule has 0 spiro atoms. The molecule has 1 aliphatic carbocycles. The fraction of sp³-hybridized carbons (Fsp3) is 0.294. The molecule has 4 rings (SSSR count). The van der Waals surface area contributed by atoms with E-state index in [9.17, 15) is 14.3 Å². The molecule has 1 amide bonds. The van der Waals surface area contributed by atoms with E-state index in [4.69, 9.17) is 0 Å². The number of carbonyl (C=O) groups is 1. The Bertz CT molecular complexity index is 944. The van der Waals surface area contributed by atoms with Crippen molar-refractivity contribution in [1.82, 2.24) is 25.4 Å². The molecule has 1 fully saturated rings. The Kier molecular flexibility index (Phi) is 4.58. The molecule has 1 saturated carbocycles. The van der Waals surface area contributed by atoms with E-state index in [2.05, 4.69) is 20.4 Å². The van der Waals surface area contributed by atoms with Crippen LogP contribution in [0.1, 0.15) is 28.9 Å². The molecule has 134 valence electrons. The number of amides is 1. The van der Waals surface area contributed by atoms with Crippen LogP contribution >= 0.6 is 11.3 Å². The molecular formula is C17H16FN5O2S. The van der Waals surface area contributed by atoms with Gasteiger partial charge in [0, 0.05) is 12.7 Å². The smallest absolute Gasteiger partial charge is 0.288 e. The summed E-state index contributed by atoms with van der Waals surface area (Å²) in [6.45, 7) is 0.238. The Morgan fingerprint density at radius 2 is 2.23 bits per heavy atom. The number of nitrogens with zero attached hydrogens (tertiary/aromatic N) is 4. The Morgan fingerprint density at radius 1 is 1.38 bits per heavy atom. The van der Waals surface area contributed by atoms with Crippen molar-refractivity contribution in [1.29, 1.82) is 0 Å². The van der Waals surface area contributed by atoms with Gasteiger partial charge in [-0.1, -0.05) is 0 Å². The summed E-state index contributed by atoms with van der Waals surface area (Å²) >= 11 is 1.40. The van der Waals surface area contributed by atoms with Gasteiger partial charge in [0.2, 0.25) is 0 Å². The molecule has 3 aromatic rings. The van der Waals surface area contributed by atoms with Gasteiger partial charge in [-0.15, -0.1) is 11.3 Å². The number of nitrogens with one attached hydrogen (secondary N) is 1. The highest BCUT2D eigenvalue weighted by atomic mass is 32.1. The summed E-state index contributed by atoms with van der Waals surface area (Å²) in [7, 11) is 0. The minimum absolute atomic E-state index is 0.149. The predicted molar refractivity (Wildman–Crippen MR) is 93.6 cm³/mol. The van der Waals surface area contributed by atoms with Crippen molar-refractivity contribution in [3.8, 4) is 0 Å². The summed E-state index contributed by atoms with van der Waals surface area (Å²) in [5.74, 6) is -0.724. The second kappa shape index (κ2) is 7.02. The monoisotopic (exact) mass is 373 g/mol. The maximum absolute atomic E-state index is 13.3. The summed E-state index contributed by atoms with van der Waals surface area (Å²) in [5.41, 5.74) is 4.70. The third-order valence-electron chi connectivity index (χ3n) is 4.33. The zero-order valence-corrected chi connectivity index (χ0v) is 14.5. The van der Waals surface area contributed by atoms with Crippen molar-refractivity contribution in [3.63, 3.8) is 0 Å². The molecular weight excluding hydrogens is 357 g/mol. The maximum atomic E-state index is 13.3. The van der Waals surface area contributed by atoms with Gasteiger partial charge in [0.15, 0.2) is 5.69 Å². The zero-order chi connectivity index (χ0) is 18.1. The van der Waals surface area contributed by atoms with Gasteiger partial charge >= 0.3 is 0 Å². The number of aliphatic hydroxyl groups is 1. The van der Waals surface area contributed by atoms with Crippen LogP contribution < -0.4 is 5.43 Å². The summed E-state index contributed by atoms with van der Waals surface area (Å²) in [6, 6.07) is 3.05. The van der Waals surface area contributed by atoms with E-state index < -0.39 is 11.9 Å². The first-order chi connectivity index (χ1) is 12.6. The topological polar surface area (TPSA) is 91.2 Å². The number of aromatic nitrogens is 3. The van der Waals surface area contributed by atoms with Crippen LogP contribution in [0.25, 0.3) is 10.2 Å². The highest BCUT2D eigenvalue weighted by Gasteiger charge is 2.36. The summed E-state index contributed by atoms with van der Waals surface area (Å²) in [4.78, 5) is 25.2. The molecule has 0 bridgehead atoms. The van der Waals surface area contributed by atoms with E-state index in [0.717, 1.165) is 16.4 Å². The Labute approximate surface area is 152 Å². The molecule has 26 heavy (non-hydrogen) atoms. The van der Waals surface area contributed by atoms with Gasteiger partial charge in [-0.25, -0.2) is 19.8 Å². The summed E-state index contributed by atoms with van der Waals surface area (Å²) in [6.07, 6.45) is 4.59. The van der Waals surface area contributed by atoms with Gasteiger partial charge in [-0.2, -0.15) is 0 Å². The molecule has 0 atom stereocenters. The lowest BCUT2D eigenvalue weighted by Gasteiger charge is -2.40. The zero-order valence-electron chi connectivity index (χ0n) is 13.7. The largest absolute Gasteiger partial charge is 0.393 e. The predicted octanol–water partition coefficient (Wildman–Crippen LogP) is 1.90. The third kappa shape index (κ3) is 3.28. The summed E-state index contributed by atoms with van der Waals surface area (Å²) in [5, 5.41) is 13.0. The van der Waals surface area contributed by atoms with Crippen LogP contribution in [-0.4, -0.2) is 43.1 Å². The molecule has 0 radical (unpaired) electrons. The van der Waals surface area contributed by atoms with Crippen LogP contribution in [0.3, 0.4) is 0 Å². The van der Waals surface area contributed by atoms with Gasteiger partial charge in [0.25, 0.3) is 5.91 Å². The van der Waals surface area contributed by atoms with Gasteiger partial charge in [0.1, 0.15) is 12.1 Å². The molecule has 9 heteroatoms. The van der Waals surface area contributed by atoms with Crippen molar-refractivity contribution in [2.75, 3.05) is 0 Å². The van der Waals surface area contributed by atoms with Gasteiger partial charge in [0.05, 0.1) is 28.6 Å². The fourth-order valence-corrected chi connectivity index (χ4v) is 3.75. The van der Waals surface area contributed by atoms with Crippen LogP contribution in [0.2, 0.25) is 0 Å². The molecule has 0 aromatic carbocycles. The Balaban J connectivity index is 1.58. The lowest BCUT2D eigenvalue weighted by atomic mass is 9.89. The van der Waals surface area contributed by atoms with E-state index in [1.54, 1.807) is 0 Å². The molecule has 0 unspecified atom stereocenters. The Morgan fingerprint density at radius 3 is 3.00 bits per heavy atom. The molecule has 0 saturated heterocycles. The lowest BCUT2D eigenvalue weighted by molar-refractivity contribution is -0.0141. The number of hydrogen-bond donors (Lipinski definition) is 2. The van der Waals surface area contributed by atoms with Crippen LogP contribution in [0.15, 0.2) is 36.2 Å². The quantitative estimate of drug-likeness (QED) is 0.664. The fourth-order valence-electron chi connectivity index (χ4n) is 2.92. The highest BCUT2D eigenvalue weighted by Crippen LogP contribution is 2.28. The number of pyridine rings is 1. The van der Waals surface area contributed by atoms with Crippen molar-refractivity contribution < 1.29 is 14.3 Å². The normalized spacial score (nSPS) is 19.3. The van der Waals surface area contributed by atoms with E-state index in [1.165, 1.54) is 34.9 Å². The number of carbonyl (C=O) groups excluding carboxylic acids is 1. The molecule has 7 nitrogen and oxygen atoms in total. The van der Waals surface area contributed by atoms with Crippen molar-refractivity contribution >= 4 is 27.5 Å². The van der Waals surface area contributed by atoms with Crippen LogP contribution in [0.4, 0.5) is 4.39 Å². The van der Waals surface area contributed by atoms with Gasteiger partial charge < -0.3 is 5.11 Å². The molecule has 0 aliphatic heterocycles. The van der Waals surface area contributed by atoms with Crippen LogP contribution in [0, 0.1) is 5.82 Å². The SMILES string of the molecule is O=C(c1ncnc2ccsc12)N(NCc1cncc(F)c1)C1CC(O)C1. The second-order valence-electron chi connectivity index (χ2n) is 6.16. The number of rotatable bonds is 5. The second-order valence-corrected chi connectivity index (χ2v) is 7.07. The van der Waals surface area contributed by atoms with E-state index >= 15 is 0 Å². The first-order valence-electron chi connectivity index (χ1n) is 8.14. The molecule has 3 aromatic heterocycles. The van der Waals surface area contributed by atoms with Crippen molar-refractivity contribution in [2.45, 2.75) is 31.5 Å². The van der Waals surface area contributed by atoms with Crippen molar-refractivity contribution in [3.05, 3.63) is 53.3 Å². The minimum atomic E-state index is -0.433. The molecule has 1 aliphatic rings. The number of halogens is 1. The molecule has 3 heterocycles. The molecule has 2 N–H and O–H groups in total. The third-order valence-corrected chi connectivity index (χ3v) is 5.24. The number of aliphatic hydroxyl groups excluding tert-OH is 1. The van der Waals surface area contributed by atoms with Gasteiger partial charge in [-0.3, -0.25) is 14.8 Å². The number of thiophene rings is 1. The average molecular weight is 373 g/mol. The lowest BCUT2D eigenvalue weighted by Crippen LogP contribution is -2.55. The van der Waals surface area contributed by atoms with E-state index in [1.807, 2.05) is 11.4 Å². The number of fused-ring (bicyclic) bond motifs is 1. The van der Waals surface area contributed by atoms with Gasteiger partial charge in [-0.05, 0) is 35.9 Å². The average Bonchev–Trinajstić information content (AvgIpc) is 3.08. The van der Waals surface area contributed by atoms with Crippen LogP contribution in [-0.2, 0) is 6.54 Å². The van der Waals surface area contributed by atoms with Crippen LogP contribution in [0.5, 0.6) is 0 Å². The minimum Gasteiger partial charge on any atom is -0.393 e. The Hall–Kier alpha value is -2.49. The first kappa shape index (κ1) is 17.0. The maximum Gasteiger partial charge on any atom is 0.288 e. The number of hydrazine groups is 1. The van der Waals surface area contributed by atoms with Crippen molar-refractivity contribution in [2.24, 2.45) is 0 Å².